The van der Waals surface area contributed by atoms with E-state index in [4.69, 9.17) is 15.3 Å². The molecule has 0 spiro atoms. The minimum Gasteiger partial charge on any atom is -0.499 e. The zero-order valence-electron chi connectivity index (χ0n) is 5.57. The summed E-state index contributed by atoms with van der Waals surface area (Å²) in [4.78, 5) is 20.2. The molecule has 0 bridgehead atoms. The number of hydrogen-bond acceptors (Lipinski definition) is 5. The molecule has 0 saturated heterocycles. The van der Waals surface area contributed by atoms with E-state index < -0.39 is 23.5 Å². The van der Waals surface area contributed by atoms with Crippen LogP contribution in [0.1, 0.15) is 0 Å². The van der Waals surface area contributed by atoms with Crippen LogP contribution in [0.2, 0.25) is 0 Å². The number of aliphatic hydroxyl groups excluding tert-OH is 2. The molecule has 0 saturated carbocycles. The van der Waals surface area contributed by atoms with Crippen molar-refractivity contribution in [2.75, 3.05) is 7.11 Å². The first-order valence-corrected chi connectivity index (χ1v) is 2.44. The Morgan fingerprint density at radius 2 is 1.55 bits per heavy atom. The minimum absolute atomic E-state index is 0.938. The lowest BCUT2D eigenvalue weighted by atomic mass is 10.4. The van der Waals surface area contributed by atoms with Gasteiger partial charge in [0.1, 0.15) is 0 Å². The molecule has 6 heteroatoms. The molecule has 3 N–H and O–H groups in total. The Labute approximate surface area is 61.3 Å². The Balaban J connectivity index is 4.66. The highest BCUT2D eigenvalue weighted by Crippen LogP contribution is 1.98. The predicted octanol–water partition coefficient (Wildman–Crippen LogP) is -0.428. The summed E-state index contributed by atoms with van der Waals surface area (Å²) in [7, 11) is 0.938. The number of carbonyl (C=O) groups is 2. The number of hydrogen-bond donors (Lipinski definition) is 3. The summed E-state index contributed by atoms with van der Waals surface area (Å²) in [6.45, 7) is 0. The molecular formula is C5H6O6. The third-order valence-electron chi connectivity index (χ3n) is 0.806. The lowest BCUT2D eigenvalue weighted by molar-refractivity contribution is -0.142. The summed E-state index contributed by atoms with van der Waals surface area (Å²) in [5, 5.41) is 25.0. The molecule has 0 fully saturated rings. The van der Waals surface area contributed by atoms with E-state index in [1.165, 1.54) is 0 Å². The number of carbonyl (C=O) groups excluding carboxylic acids is 1. The maximum absolute atomic E-state index is 10.3. The number of rotatable bonds is 2. The second kappa shape index (κ2) is 3.45. The Morgan fingerprint density at radius 3 is 1.82 bits per heavy atom. The van der Waals surface area contributed by atoms with Gasteiger partial charge in [0.25, 0.3) is 11.5 Å². The first kappa shape index (κ1) is 9.28. The topological polar surface area (TPSA) is 104 Å². The second-order valence-corrected chi connectivity index (χ2v) is 1.49. The monoisotopic (exact) mass is 162 g/mol. The first-order chi connectivity index (χ1) is 5.00. The molecule has 0 aliphatic rings. The van der Waals surface area contributed by atoms with E-state index in [1.807, 2.05) is 0 Å². The van der Waals surface area contributed by atoms with Gasteiger partial charge in [0.15, 0.2) is 0 Å². The van der Waals surface area contributed by atoms with E-state index in [1.54, 1.807) is 0 Å². The summed E-state index contributed by atoms with van der Waals surface area (Å²) < 4.78 is 3.91. The molecular weight excluding hydrogens is 156 g/mol. The average molecular weight is 162 g/mol. The summed E-state index contributed by atoms with van der Waals surface area (Å²) in [6.07, 6.45) is 0. The number of ether oxygens (including phenoxy) is 1. The Kier molecular flexibility index (Phi) is 2.91. The highest BCUT2D eigenvalue weighted by atomic mass is 16.5. The number of aliphatic carboxylic acids is 1. The molecule has 0 aliphatic carbocycles. The summed E-state index contributed by atoms with van der Waals surface area (Å²) >= 11 is 0. The van der Waals surface area contributed by atoms with Crippen molar-refractivity contribution >= 4 is 11.9 Å². The van der Waals surface area contributed by atoms with Crippen molar-refractivity contribution in [2.45, 2.75) is 0 Å². The van der Waals surface area contributed by atoms with Gasteiger partial charge in [-0.3, -0.25) is 0 Å². The molecule has 0 aromatic heterocycles. The number of carboxylic acid groups (broad SMARTS) is 1. The van der Waals surface area contributed by atoms with E-state index in [0.717, 1.165) is 7.11 Å². The van der Waals surface area contributed by atoms with Crippen LogP contribution < -0.4 is 0 Å². The van der Waals surface area contributed by atoms with Crippen LogP contribution in [-0.4, -0.2) is 34.4 Å². The molecule has 0 atom stereocenters. The third kappa shape index (κ3) is 2.17. The first-order valence-electron chi connectivity index (χ1n) is 2.44. The molecule has 0 heterocycles. The fourth-order valence-corrected chi connectivity index (χ4v) is 0.295. The quantitative estimate of drug-likeness (QED) is 0.289. The lowest BCUT2D eigenvalue weighted by Crippen LogP contribution is -2.12. The normalized spacial score (nSPS) is 11.7. The van der Waals surface area contributed by atoms with Crippen molar-refractivity contribution < 1.29 is 29.6 Å². The van der Waals surface area contributed by atoms with E-state index in [0.29, 0.717) is 0 Å². The van der Waals surface area contributed by atoms with Gasteiger partial charge in [-0.25, -0.2) is 9.59 Å². The smallest absolute Gasteiger partial charge is 0.377 e. The molecule has 0 radical (unpaired) electrons. The Morgan fingerprint density at radius 1 is 1.09 bits per heavy atom. The van der Waals surface area contributed by atoms with Crippen LogP contribution in [0, 0.1) is 0 Å². The molecule has 0 rings (SSSR count). The number of aliphatic hydroxyl groups is 2. The van der Waals surface area contributed by atoms with Gasteiger partial charge in [0.2, 0.25) is 0 Å². The van der Waals surface area contributed by atoms with Crippen molar-refractivity contribution in [2.24, 2.45) is 0 Å². The van der Waals surface area contributed by atoms with Crippen LogP contribution in [0.15, 0.2) is 11.5 Å². The maximum atomic E-state index is 10.3. The molecule has 0 aliphatic heterocycles. The second-order valence-electron chi connectivity index (χ2n) is 1.49. The van der Waals surface area contributed by atoms with Crippen LogP contribution in [0.4, 0.5) is 0 Å². The van der Waals surface area contributed by atoms with Gasteiger partial charge in [0.05, 0.1) is 7.11 Å². The van der Waals surface area contributed by atoms with Crippen molar-refractivity contribution in [3.8, 4) is 0 Å². The van der Waals surface area contributed by atoms with E-state index in [2.05, 4.69) is 4.74 Å². The maximum Gasteiger partial charge on any atom is 0.377 e. The third-order valence-corrected chi connectivity index (χ3v) is 0.806. The summed E-state index contributed by atoms with van der Waals surface area (Å²) in [5.41, 5.74) is 0. The highest BCUT2D eigenvalue weighted by molar-refractivity contribution is 5.95. The molecule has 0 unspecified atom stereocenters. The fraction of sp³-hybridized carbons (Fsp3) is 0.200. The van der Waals surface area contributed by atoms with Crippen LogP contribution in [0.25, 0.3) is 0 Å². The minimum atomic E-state index is -1.80. The predicted molar refractivity (Wildman–Crippen MR) is 31.9 cm³/mol. The fourth-order valence-electron chi connectivity index (χ4n) is 0.295. The van der Waals surface area contributed by atoms with E-state index >= 15 is 0 Å². The van der Waals surface area contributed by atoms with Gasteiger partial charge in [-0.1, -0.05) is 0 Å². The van der Waals surface area contributed by atoms with Crippen molar-refractivity contribution in [3.05, 3.63) is 11.5 Å². The van der Waals surface area contributed by atoms with Gasteiger partial charge in [-0.15, -0.1) is 0 Å². The zero-order chi connectivity index (χ0) is 9.02. The van der Waals surface area contributed by atoms with Gasteiger partial charge in [-0.05, 0) is 0 Å². The number of methoxy groups -OCH3 is 1. The van der Waals surface area contributed by atoms with Crippen molar-refractivity contribution in [1.82, 2.24) is 0 Å². The van der Waals surface area contributed by atoms with Crippen LogP contribution >= 0.6 is 0 Å². The molecule has 62 valence electrons. The SMILES string of the molecule is COC(=O)/C(O)=C(\O)C(=O)O. The average Bonchev–Trinajstić information content (AvgIpc) is 2.00. The van der Waals surface area contributed by atoms with Gasteiger partial charge >= 0.3 is 11.9 Å². The van der Waals surface area contributed by atoms with Crippen LogP contribution in [0.3, 0.4) is 0 Å². The number of esters is 1. The van der Waals surface area contributed by atoms with E-state index in [9.17, 15) is 9.59 Å². The van der Waals surface area contributed by atoms with Crippen LogP contribution in [-0.2, 0) is 14.3 Å². The van der Waals surface area contributed by atoms with Crippen molar-refractivity contribution in [1.29, 1.82) is 0 Å². The Bertz CT molecular complexity index is 215. The summed E-state index contributed by atoms with van der Waals surface area (Å²) in [6, 6.07) is 0. The lowest BCUT2D eigenvalue weighted by Gasteiger charge is -1.97. The highest BCUT2D eigenvalue weighted by Gasteiger charge is 2.19. The van der Waals surface area contributed by atoms with E-state index in [-0.39, 0.29) is 0 Å². The standard InChI is InChI=1S/C5H6O6/c1-11-5(10)3(7)2(6)4(8)9/h6-7H,1H3,(H,8,9)/b3-2+. The molecule has 6 nitrogen and oxygen atoms in total. The zero-order valence-corrected chi connectivity index (χ0v) is 5.57. The largest absolute Gasteiger partial charge is 0.499 e. The molecule has 0 aromatic carbocycles. The molecule has 0 amide bonds. The van der Waals surface area contributed by atoms with Crippen molar-refractivity contribution in [3.63, 3.8) is 0 Å². The molecule has 0 aromatic rings. The van der Waals surface area contributed by atoms with Gasteiger partial charge in [-0.2, -0.15) is 0 Å². The van der Waals surface area contributed by atoms with Gasteiger partial charge < -0.3 is 20.1 Å². The summed E-state index contributed by atoms with van der Waals surface area (Å²) in [5.74, 6) is -5.85. The van der Waals surface area contributed by atoms with Gasteiger partial charge in [0, 0.05) is 0 Å². The molecule has 11 heavy (non-hydrogen) atoms. The Hall–Kier alpha value is -1.72. The number of carboxylic acids is 1. The van der Waals surface area contributed by atoms with Crippen LogP contribution in [0.5, 0.6) is 0 Å².